The molecule has 0 aromatic carbocycles. The minimum atomic E-state index is -0.486. The van der Waals surface area contributed by atoms with E-state index in [4.69, 9.17) is 10.9 Å². The molecule has 0 aromatic heterocycles. The summed E-state index contributed by atoms with van der Waals surface area (Å²) in [5, 5.41) is 8.74. The van der Waals surface area contributed by atoms with Gasteiger partial charge in [-0.25, -0.2) is 4.59 Å². The molecule has 0 saturated heterocycles. The lowest BCUT2D eigenvalue weighted by Gasteiger charge is -2.24. The molecule has 8 heavy (non-hydrogen) atoms. The van der Waals surface area contributed by atoms with Crippen molar-refractivity contribution in [1.82, 2.24) is 0 Å². The van der Waals surface area contributed by atoms with Crippen LogP contribution in [0.3, 0.4) is 0 Å². The largest absolute Gasteiger partial charge is 0.870 e. The summed E-state index contributed by atoms with van der Waals surface area (Å²) in [7, 11) is 3.45. The summed E-state index contributed by atoms with van der Waals surface area (Å²) in [6, 6.07) is 0. The molecular formula is C4H14N2O2. The molecule has 0 spiro atoms. The zero-order valence-electron chi connectivity index (χ0n) is 5.50. The van der Waals surface area contributed by atoms with E-state index in [2.05, 4.69) is 0 Å². The quantitative estimate of drug-likeness (QED) is 0.205. The Bertz CT molecular complexity index is 57.5. The number of hydrogen-bond donors (Lipinski definition) is 2. The lowest BCUT2D eigenvalue weighted by atomic mass is 10.6. The zero-order valence-corrected chi connectivity index (χ0v) is 5.50. The molecule has 0 amide bonds. The summed E-state index contributed by atoms with van der Waals surface area (Å²) in [6.45, 7) is 1.65. The van der Waals surface area contributed by atoms with Crippen molar-refractivity contribution in [1.29, 1.82) is 0 Å². The van der Waals surface area contributed by atoms with Crippen LogP contribution in [0.2, 0.25) is 0 Å². The van der Waals surface area contributed by atoms with Gasteiger partial charge in [-0.15, -0.1) is 0 Å². The first kappa shape index (κ1) is 10.8. The molecule has 0 aliphatic rings. The summed E-state index contributed by atoms with van der Waals surface area (Å²) < 4.78 is 0.111. The van der Waals surface area contributed by atoms with Crippen molar-refractivity contribution in [3.05, 3.63) is 0 Å². The monoisotopic (exact) mass is 122 g/mol. The van der Waals surface area contributed by atoms with Crippen molar-refractivity contribution >= 4 is 0 Å². The van der Waals surface area contributed by atoms with Crippen LogP contribution in [0.1, 0.15) is 6.92 Å². The SMILES string of the molecule is CC(O)[N+](C)(C)N.[OH-]. The first-order valence-corrected chi connectivity index (χ1v) is 2.25. The van der Waals surface area contributed by atoms with Crippen molar-refractivity contribution in [3.8, 4) is 0 Å². The molecule has 0 aliphatic heterocycles. The van der Waals surface area contributed by atoms with Crippen LogP contribution >= 0.6 is 0 Å². The molecule has 4 nitrogen and oxygen atoms in total. The third kappa shape index (κ3) is 4.01. The van der Waals surface area contributed by atoms with Crippen molar-refractivity contribution in [2.45, 2.75) is 13.2 Å². The number of quaternary nitrogens is 1. The lowest BCUT2D eigenvalue weighted by Crippen LogP contribution is -2.53. The van der Waals surface area contributed by atoms with Crippen LogP contribution in [-0.2, 0) is 0 Å². The summed E-state index contributed by atoms with van der Waals surface area (Å²) in [4.78, 5) is 0. The highest BCUT2D eigenvalue weighted by Crippen LogP contribution is 1.90. The number of hydrogen-bond acceptors (Lipinski definition) is 3. The van der Waals surface area contributed by atoms with Crippen LogP contribution in [0.5, 0.6) is 0 Å². The average Bonchev–Trinajstić information content (AvgIpc) is 1.31. The minimum absolute atomic E-state index is 0. The standard InChI is InChI=1S/C4H13N2O.H2O/c1-4(7)6(2,3)5;/h4,7H,5H2,1-3H3;1H2/q+1;/p-1. The van der Waals surface area contributed by atoms with Gasteiger partial charge in [0.25, 0.3) is 0 Å². The highest BCUT2D eigenvalue weighted by molar-refractivity contribution is 4.16. The summed E-state index contributed by atoms with van der Waals surface area (Å²) in [5.41, 5.74) is 0. The topological polar surface area (TPSA) is 76.2 Å². The van der Waals surface area contributed by atoms with Crippen LogP contribution in [0, 0.1) is 0 Å². The van der Waals surface area contributed by atoms with Gasteiger partial charge in [0.05, 0.1) is 14.1 Å². The number of aliphatic hydroxyl groups excluding tert-OH is 1. The molecule has 0 rings (SSSR count). The first-order chi connectivity index (χ1) is 2.94. The van der Waals surface area contributed by atoms with E-state index in [-0.39, 0.29) is 10.1 Å². The van der Waals surface area contributed by atoms with Gasteiger partial charge in [-0.1, -0.05) is 0 Å². The Morgan fingerprint density at radius 3 is 1.62 bits per heavy atom. The molecule has 1 atom stereocenters. The maximum Gasteiger partial charge on any atom is 0.204 e. The lowest BCUT2D eigenvalue weighted by molar-refractivity contribution is -0.945. The Balaban J connectivity index is 0. The van der Waals surface area contributed by atoms with Gasteiger partial charge >= 0.3 is 0 Å². The van der Waals surface area contributed by atoms with Gasteiger partial charge in [-0.2, -0.15) is 5.84 Å². The van der Waals surface area contributed by atoms with E-state index in [9.17, 15) is 0 Å². The maximum absolute atomic E-state index is 8.74. The fraction of sp³-hybridized carbons (Fsp3) is 1.00. The molecule has 0 aromatic rings. The van der Waals surface area contributed by atoms with Gasteiger partial charge < -0.3 is 10.6 Å². The van der Waals surface area contributed by atoms with E-state index in [1.54, 1.807) is 21.0 Å². The Morgan fingerprint density at radius 1 is 1.50 bits per heavy atom. The zero-order chi connectivity index (χ0) is 6.08. The van der Waals surface area contributed by atoms with Gasteiger partial charge in [0.15, 0.2) is 0 Å². The Kier molecular flexibility index (Phi) is 4.01. The maximum atomic E-state index is 8.74. The molecule has 52 valence electrons. The minimum Gasteiger partial charge on any atom is -0.870 e. The third-order valence-electron chi connectivity index (χ3n) is 0.963. The molecule has 1 unspecified atom stereocenters. The van der Waals surface area contributed by atoms with Crippen molar-refractivity contribution in [3.63, 3.8) is 0 Å². The van der Waals surface area contributed by atoms with Gasteiger partial charge in [-0.05, 0) is 0 Å². The normalized spacial score (nSPS) is 14.6. The predicted octanol–water partition coefficient (Wildman–Crippen LogP) is -0.902. The number of nitrogens with zero attached hydrogens (tertiary/aromatic N) is 1. The van der Waals surface area contributed by atoms with Crippen LogP contribution < -0.4 is 5.84 Å². The molecule has 0 heterocycles. The first-order valence-electron chi connectivity index (χ1n) is 2.25. The third-order valence-corrected chi connectivity index (χ3v) is 0.963. The molecule has 0 saturated carbocycles. The van der Waals surface area contributed by atoms with Crippen LogP contribution in [0.4, 0.5) is 0 Å². The molecule has 4 heteroatoms. The second-order valence-electron chi connectivity index (χ2n) is 2.26. The molecular weight excluding hydrogens is 108 g/mol. The Hall–Kier alpha value is -0.160. The highest BCUT2D eigenvalue weighted by Gasteiger charge is 2.14. The fourth-order valence-corrected chi connectivity index (χ4v) is 0. The number of nitrogens with two attached hydrogens (primary N) is 1. The summed E-state index contributed by atoms with van der Waals surface area (Å²) in [6.07, 6.45) is -0.486. The van der Waals surface area contributed by atoms with Gasteiger partial charge in [0, 0.05) is 6.92 Å². The number of aliphatic hydroxyl groups is 1. The summed E-state index contributed by atoms with van der Waals surface area (Å²) >= 11 is 0. The van der Waals surface area contributed by atoms with Crippen molar-refractivity contribution < 1.29 is 15.2 Å². The summed E-state index contributed by atoms with van der Waals surface area (Å²) in [5.74, 6) is 5.37. The van der Waals surface area contributed by atoms with E-state index in [0.29, 0.717) is 0 Å². The molecule has 0 bridgehead atoms. The van der Waals surface area contributed by atoms with E-state index < -0.39 is 6.23 Å². The average molecular weight is 122 g/mol. The number of rotatable bonds is 1. The second kappa shape index (κ2) is 2.99. The van der Waals surface area contributed by atoms with E-state index >= 15 is 0 Å². The van der Waals surface area contributed by atoms with Crippen LogP contribution in [0.15, 0.2) is 0 Å². The Morgan fingerprint density at radius 2 is 1.62 bits per heavy atom. The van der Waals surface area contributed by atoms with Crippen LogP contribution in [0.25, 0.3) is 0 Å². The smallest absolute Gasteiger partial charge is 0.204 e. The van der Waals surface area contributed by atoms with E-state index in [1.165, 1.54) is 0 Å². The highest BCUT2D eigenvalue weighted by atomic mass is 16.3. The van der Waals surface area contributed by atoms with Gasteiger partial charge in [0.1, 0.15) is 0 Å². The van der Waals surface area contributed by atoms with Gasteiger partial charge in [0.2, 0.25) is 6.23 Å². The predicted molar refractivity (Wildman–Crippen MR) is 29.9 cm³/mol. The van der Waals surface area contributed by atoms with Gasteiger partial charge in [-0.3, -0.25) is 0 Å². The molecule has 0 radical (unpaired) electrons. The van der Waals surface area contributed by atoms with Crippen molar-refractivity contribution in [2.75, 3.05) is 14.1 Å². The fourth-order valence-electron chi connectivity index (χ4n) is 0. The second-order valence-corrected chi connectivity index (χ2v) is 2.26. The molecule has 0 aliphatic carbocycles. The van der Waals surface area contributed by atoms with Crippen LogP contribution in [-0.4, -0.2) is 35.5 Å². The Labute approximate surface area is 49.4 Å². The molecule has 0 fully saturated rings. The van der Waals surface area contributed by atoms with Crippen molar-refractivity contribution in [2.24, 2.45) is 5.84 Å². The van der Waals surface area contributed by atoms with E-state index in [1.807, 2.05) is 0 Å². The van der Waals surface area contributed by atoms with E-state index in [0.717, 1.165) is 0 Å². The molecule has 4 N–H and O–H groups in total.